The fraction of sp³-hybridized carbons (Fsp3) is 0.364. The van der Waals surface area contributed by atoms with E-state index in [1.165, 1.54) is 0 Å². The molecule has 1 rings (SSSR count). The van der Waals surface area contributed by atoms with Gasteiger partial charge in [-0.2, -0.15) is 11.8 Å². The highest BCUT2D eigenvalue weighted by Crippen LogP contribution is 2.21. The van der Waals surface area contributed by atoms with Gasteiger partial charge in [0.25, 0.3) is 0 Å². The zero-order chi connectivity index (χ0) is 12.0. The first-order chi connectivity index (χ1) is 7.65. The minimum Gasteiger partial charge on any atom is -0.389 e. The third kappa shape index (κ3) is 4.31. The van der Waals surface area contributed by atoms with Gasteiger partial charge in [0.2, 0.25) is 0 Å². The summed E-state index contributed by atoms with van der Waals surface area (Å²) < 4.78 is 0.991. The van der Waals surface area contributed by atoms with Gasteiger partial charge < -0.3 is 11.1 Å². The van der Waals surface area contributed by atoms with Crippen LogP contribution in [0, 0.1) is 0 Å². The zero-order valence-electron chi connectivity index (χ0n) is 9.13. The number of thiocarbonyl (C=S) groups is 1. The summed E-state index contributed by atoms with van der Waals surface area (Å²) >= 11 is 10.3. The molecule has 0 aliphatic carbocycles. The molecule has 88 valence electrons. The van der Waals surface area contributed by atoms with E-state index in [4.69, 9.17) is 18.0 Å². The predicted octanol–water partition coefficient (Wildman–Crippen LogP) is 3.25. The van der Waals surface area contributed by atoms with E-state index in [1.54, 1.807) is 0 Å². The Balaban J connectivity index is 2.67. The van der Waals surface area contributed by atoms with Crippen molar-refractivity contribution in [3.63, 3.8) is 0 Å². The van der Waals surface area contributed by atoms with Gasteiger partial charge in [0.05, 0.1) is 0 Å². The first-order valence-corrected chi connectivity index (χ1v) is 7.57. The van der Waals surface area contributed by atoms with Gasteiger partial charge in [0, 0.05) is 22.3 Å². The van der Waals surface area contributed by atoms with Crippen LogP contribution < -0.4 is 11.1 Å². The third-order valence-corrected chi connectivity index (χ3v) is 3.50. The fourth-order valence-corrected chi connectivity index (χ4v) is 2.28. The Morgan fingerprint density at radius 2 is 2.31 bits per heavy atom. The predicted molar refractivity (Wildman–Crippen MR) is 81.5 cm³/mol. The fourth-order valence-electron chi connectivity index (χ4n) is 1.31. The van der Waals surface area contributed by atoms with Crippen molar-refractivity contribution in [2.24, 2.45) is 5.73 Å². The highest BCUT2D eigenvalue weighted by molar-refractivity contribution is 9.10. The molecule has 0 fully saturated rings. The van der Waals surface area contributed by atoms with E-state index in [-0.39, 0.29) is 0 Å². The molecule has 0 unspecified atom stereocenters. The molecule has 0 amide bonds. The van der Waals surface area contributed by atoms with Crippen LogP contribution in [0.1, 0.15) is 12.0 Å². The average molecular weight is 319 g/mol. The van der Waals surface area contributed by atoms with Crippen molar-refractivity contribution in [3.05, 3.63) is 28.2 Å². The Labute approximate surface area is 114 Å². The van der Waals surface area contributed by atoms with Crippen molar-refractivity contribution in [2.75, 3.05) is 23.9 Å². The second kappa shape index (κ2) is 7.14. The number of benzene rings is 1. The lowest BCUT2D eigenvalue weighted by Gasteiger charge is -2.11. The van der Waals surface area contributed by atoms with E-state index in [0.29, 0.717) is 4.99 Å². The molecule has 0 saturated heterocycles. The van der Waals surface area contributed by atoms with Crippen molar-refractivity contribution in [2.45, 2.75) is 6.42 Å². The molecule has 1 aromatic rings. The number of rotatable bonds is 6. The minimum absolute atomic E-state index is 0.425. The molecule has 0 saturated carbocycles. The summed E-state index contributed by atoms with van der Waals surface area (Å²) in [6.07, 6.45) is 3.24. The van der Waals surface area contributed by atoms with Gasteiger partial charge >= 0.3 is 0 Å². The first kappa shape index (κ1) is 13.8. The summed E-state index contributed by atoms with van der Waals surface area (Å²) in [5.74, 6) is 1.16. The van der Waals surface area contributed by atoms with Crippen LogP contribution in [0.2, 0.25) is 0 Å². The molecular weight excluding hydrogens is 304 g/mol. The lowest BCUT2D eigenvalue weighted by Crippen LogP contribution is -2.14. The molecule has 2 nitrogen and oxygen atoms in total. The Morgan fingerprint density at radius 1 is 1.56 bits per heavy atom. The molecule has 3 N–H and O–H groups in total. The van der Waals surface area contributed by atoms with Gasteiger partial charge in [-0.05, 0) is 36.6 Å². The van der Waals surface area contributed by atoms with Crippen molar-refractivity contribution < 1.29 is 0 Å². The molecule has 0 bridgehead atoms. The van der Waals surface area contributed by atoms with Crippen LogP contribution in [-0.4, -0.2) is 23.5 Å². The van der Waals surface area contributed by atoms with Crippen LogP contribution in [0.4, 0.5) is 5.69 Å². The molecular formula is C11H15BrN2S2. The molecule has 0 spiro atoms. The molecule has 0 atom stereocenters. The summed E-state index contributed by atoms with van der Waals surface area (Å²) in [5.41, 5.74) is 7.59. The van der Waals surface area contributed by atoms with Crippen LogP contribution in [0.3, 0.4) is 0 Å². The van der Waals surface area contributed by atoms with Gasteiger partial charge in [0.1, 0.15) is 4.99 Å². The van der Waals surface area contributed by atoms with E-state index in [0.717, 1.165) is 34.4 Å². The topological polar surface area (TPSA) is 38.0 Å². The maximum absolute atomic E-state index is 5.68. The molecule has 16 heavy (non-hydrogen) atoms. The lowest BCUT2D eigenvalue weighted by atomic mass is 10.2. The van der Waals surface area contributed by atoms with Crippen LogP contribution >= 0.6 is 39.9 Å². The largest absolute Gasteiger partial charge is 0.389 e. The Hall–Kier alpha value is -0.260. The Kier molecular flexibility index (Phi) is 6.16. The summed E-state index contributed by atoms with van der Waals surface area (Å²) in [7, 11) is 0. The number of nitrogens with two attached hydrogens (primary N) is 1. The Morgan fingerprint density at radius 3 is 2.94 bits per heavy atom. The highest BCUT2D eigenvalue weighted by atomic mass is 79.9. The van der Waals surface area contributed by atoms with Crippen LogP contribution in [0.25, 0.3) is 0 Å². The van der Waals surface area contributed by atoms with E-state index >= 15 is 0 Å². The van der Waals surface area contributed by atoms with Gasteiger partial charge in [-0.15, -0.1) is 0 Å². The smallest absolute Gasteiger partial charge is 0.106 e. The summed E-state index contributed by atoms with van der Waals surface area (Å²) in [5, 5.41) is 3.35. The number of hydrogen-bond acceptors (Lipinski definition) is 3. The molecule has 5 heteroatoms. The Bertz CT molecular complexity index is 369. The van der Waals surface area contributed by atoms with Crippen molar-refractivity contribution in [1.29, 1.82) is 0 Å². The monoisotopic (exact) mass is 318 g/mol. The quantitative estimate of drug-likeness (QED) is 0.623. The number of halogens is 1. The number of thioether (sulfide) groups is 1. The van der Waals surface area contributed by atoms with Crippen LogP contribution in [0.5, 0.6) is 0 Å². The second-order valence-corrected chi connectivity index (χ2v) is 5.67. The van der Waals surface area contributed by atoms with Gasteiger partial charge in [-0.1, -0.05) is 28.1 Å². The van der Waals surface area contributed by atoms with Gasteiger partial charge in [0.15, 0.2) is 0 Å². The first-order valence-electron chi connectivity index (χ1n) is 4.97. The van der Waals surface area contributed by atoms with E-state index in [2.05, 4.69) is 27.5 Å². The lowest BCUT2D eigenvalue weighted by molar-refractivity contribution is 0.993. The van der Waals surface area contributed by atoms with Crippen LogP contribution in [0.15, 0.2) is 22.7 Å². The van der Waals surface area contributed by atoms with Gasteiger partial charge in [-0.3, -0.25) is 0 Å². The second-order valence-electron chi connectivity index (χ2n) is 3.33. The third-order valence-electron chi connectivity index (χ3n) is 2.09. The zero-order valence-corrected chi connectivity index (χ0v) is 12.3. The maximum atomic E-state index is 5.68. The highest BCUT2D eigenvalue weighted by Gasteiger charge is 2.05. The average Bonchev–Trinajstić information content (AvgIpc) is 2.26. The van der Waals surface area contributed by atoms with Gasteiger partial charge in [-0.25, -0.2) is 0 Å². The summed E-state index contributed by atoms with van der Waals surface area (Å²) in [6.45, 7) is 0.943. The molecule has 0 radical (unpaired) electrons. The molecule has 0 aliphatic heterocycles. The summed E-state index contributed by atoms with van der Waals surface area (Å²) in [4.78, 5) is 0.425. The van der Waals surface area contributed by atoms with E-state index < -0.39 is 0 Å². The van der Waals surface area contributed by atoms with E-state index in [9.17, 15) is 0 Å². The SMILES string of the molecule is CSCCCNc1ccc(Br)cc1C(N)=S. The molecule has 0 aliphatic rings. The number of hydrogen-bond donors (Lipinski definition) is 2. The molecule has 0 aromatic heterocycles. The van der Waals surface area contributed by atoms with Crippen LogP contribution in [-0.2, 0) is 0 Å². The van der Waals surface area contributed by atoms with Crippen molar-refractivity contribution >= 4 is 50.6 Å². The van der Waals surface area contributed by atoms with Crippen molar-refractivity contribution in [3.8, 4) is 0 Å². The normalized spacial score (nSPS) is 10.1. The number of anilines is 1. The molecule has 1 aromatic carbocycles. The maximum Gasteiger partial charge on any atom is 0.106 e. The van der Waals surface area contributed by atoms with Crippen molar-refractivity contribution in [1.82, 2.24) is 0 Å². The standard InChI is InChI=1S/C11H15BrN2S2/c1-16-6-2-5-14-10-4-3-8(12)7-9(10)11(13)15/h3-4,7,14H,2,5-6H2,1H3,(H2,13,15). The minimum atomic E-state index is 0.425. The van der Waals surface area contributed by atoms with E-state index in [1.807, 2.05) is 30.0 Å². The summed E-state index contributed by atoms with van der Waals surface area (Å²) in [6, 6.07) is 5.93. The number of nitrogens with one attached hydrogen (secondary N) is 1. The molecule has 0 heterocycles.